The summed E-state index contributed by atoms with van der Waals surface area (Å²) >= 11 is 0. The van der Waals surface area contributed by atoms with Gasteiger partial charge in [0.05, 0.1) is 17.5 Å². The van der Waals surface area contributed by atoms with Gasteiger partial charge in [-0.05, 0) is 60.9 Å². The minimum absolute atomic E-state index is 0.135. The van der Waals surface area contributed by atoms with E-state index in [0.717, 1.165) is 29.0 Å². The van der Waals surface area contributed by atoms with Crippen LogP contribution < -0.4 is 15.6 Å². The smallest absolute Gasteiger partial charge is 0.328 e. The fourth-order valence-electron chi connectivity index (χ4n) is 3.59. The van der Waals surface area contributed by atoms with Crippen LogP contribution in [0.15, 0.2) is 59.4 Å². The first-order valence-electron chi connectivity index (χ1n) is 10.1. The van der Waals surface area contributed by atoms with Gasteiger partial charge in [-0.1, -0.05) is 12.1 Å². The molecule has 0 fully saturated rings. The summed E-state index contributed by atoms with van der Waals surface area (Å²) in [5.74, 6) is -0.392. The standard InChI is InChI=1S/C24H21N3O5/c1-2-32-18-6-3-15(4-7-18)13-16-11-12-27-23(16)26-20-14-17(5-8-19(20)24(27)31)25-21(28)9-10-22(29)30/h3-10,13-14H,2,11-12H2,1H3,(H,25,28)(H,29,30)/b10-9+,16-13+. The number of hydrogen-bond acceptors (Lipinski definition) is 5. The first kappa shape index (κ1) is 21.0. The van der Waals surface area contributed by atoms with Gasteiger partial charge < -0.3 is 15.2 Å². The molecule has 0 bridgehead atoms. The summed E-state index contributed by atoms with van der Waals surface area (Å²) in [6.07, 6.45) is 4.38. The number of anilines is 1. The number of carbonyl (C=O) groups excluding carboxylic acids is 1. The molecule has 1 aromatic heterocycles. The Bertz CT molecular complexity index is 1320. The van der Waals surface area contributed by atoms with Gasteiger partial charge in [0, 0.05) is 24.4 Å². The van der Waals surface area contributed by atoms with Crippen molar-refractivity contribution in [1.29, 1.82) is 0 Å². The third-order valence-electron chi connectivity index (χ3n) is 5.02. The molecule has 2 aromatic carbocycles. The Hall–Kier alpha value is -4.20. The Balaban J connectivity index is 1.67. The van der Waals surface area contributed by atoms with E-state index in [-0.39, 0.29) is 5.56 Å². The van der Waals surface area contributed by atoms with E-state index in [4.69, 9.17) is 9.84 Å². The zero-order valence-corrected chi connectivity index (χ0v) is 17.4. The number of rotatable bonds is 6. The number of ether oxygens (including phenoxy) is 1. The molecular weight excluding hydrogens is 410 g/mol. The van der Waals surface area contributed by atoms with Crippen molar-refractivity contribution in [3.05, 3.63) is 76.4 Å². The second-order valence-electron chi connectivity index (χ2n) is 7.21. The quantitative estimate of drug-likeness (QED) is 0.580. The summed E-state index contributed by atoms with van der Waals surface area (Å²) in [6.45, 7) is 3.09. The van der Waals surface area contributed by atoms with Gasteiger partial charge in [0.15, 0.2) is 0 Å². The molecular formula is C24H21N3O5. The van der Waals surface area contributed by atoms with E-state index in [1.165, 1.54) is 0 Å². The number of carbonyl (C=O) groups is 2. The van der Waals surface area contributed by atoms with Crippen molar-refractivity contribution in [3.63, 3.8) is 0 Å². The molecule has 0 saturated carbocycles. The minimum atomic E-state index is -1.21. The summed E-state index contributed by atoms with van der Waals surface area (Å²) in [4.78, 5) is 40.1. The third-order valence-corrected chi connectivity index (χ3v) is 5.02. The molecule has 0 unspecified atom stereocenters. The highest BCUT2D eigenvalue weighted by Gasteiger charge is 2.21. The molecule has 4 rings (SSSR count). The number of amides is 1. The number of hydrogen-bond donors (Lipinski definition) is 2. The second-order valence-corrected chi connectivity index (χ2v) is 7.21. The molecule has 8 heteroatoms. The number of nitrogens with zero attached hydrogens (tertiary/aromatic N) is 2. The molecule has 2 heterocycles. The van der Waals surface area contributed by atoms with Crippen LogP contribution in [0.2, 0.25) is 0 Å². The number of benzene rings is 2. The van der Waals surface area contributed by atoms with E-state index in [0.29, 0.717) is 42.0 Å². The highest BCUT2D eigenvalue weighted by Crippen LogP contribution is 2.28. The van der Waals surface area contributed by atoms with Crippen molar-refractivity contribution < 1.29 is 19.4 Å². The maximum absolute atomic E-state index is 13.0. The Morgan fingerprint density at radius 3 is 2.69 bits per heavy atom. The lowest BCUT2D eigenvalue weighted by atomic mass is 10.1. The van der Waals surface area contributed by atoms with Crippen LogP contribution in [-0.2, 0) is 16.1 Å². The maximum Gasteiger partial charge on any atom is 0.328 e. The molecule has 3 aromatic rings. The lowest BCUT2D eigenvalue weighted by Gasteiger charge is -2.08. The maximum atomic E-state index is 13.0. The molecule has 0 radical (unpaired) electrons. The van der Waals surface area contributed by atoms with Crippen molar-refractivity contribution >= 4 is 40.1 Å². The normalized spacial score (nSPS) is 14.1. The van der Waals surface area contributed by atoms with Gasteiger partial charge in [-0.25, -0.2) is 9.78 Å². The van der Waals surface area contributed by atoms with Crippen molar-refractivity contribution in [2.75, 3.05) is 11.9 Å². The van der Waals surface area contributed by atoms with Gasteiger partial charge in [-0.3, -0.25) is 14.2 Å². The molecule has 32 heavy (non-hydrogen) atoms. The van der Waals surface area contributed by atoms with Gasteiger partial charge in [-0.15, -0.1) is 0 Å². The molecule has 8 nitrogen and oxygen atoms in total. The Labute approximate surface area is 183 Å². The fourth-order valence-corrected chi connectivity index (χ4v) is 3.59. The molecule has 0 saturated heterocycles. The van der Waals surface area contributed by atoms with E-state index in [2.05, 4.69) is 10.3 Å². The van der Waals surface area contributed by atoms with Gasteiger partial charge in [-0.2, -0.15) is 0 Å². The topological polar surface area (TPSA) is 111 Å². The summed E-state index contributed by atoms with van der Waals surface area (Å²) in [5, 5.41) is 11.7. The zero-order chi connectivity index (χ0) is 22.7. The van der Waals surface area contributed by atoms with Crippen LogP contribution in [0.5, 0.6) is 5.75 Å². The molecule has 0 spiro atoms. The monoisotopic (exact) mass is 431 g/mol. The summed E-state index contributed by atoms with van der Waals surface area (Å²) < 4.78 is 7.14. The second kappa shape index (κ2) is 8.89. The lowest BCUT2D eigenvalue weighted by Crippen LogP contribution is -2.21. The van der Waals surface area contributed by atoms with Crippen molar-refractivity contribution in [2.24, 2.45) is 0 Å². The molecule has 1 aliphatic heterocycles. The third kappa shape index (κ3) is 4.44. The van der Waals surface area contributed by atoms with Crippen molar-refractivity contribution in [1.82, 2.24) is 9.55 Å². The van der Waals surface area contributed by atoms with Crippen LogP contribution in [0.1, 0.15) is 24.7 Å². The number of carboxylic acids is 1. The average molecular weight is 431 g/mol. The van der Waals surface area contributed by atoms with Crippen LogP contribution in [0.3, 0.4) is 0 Å². The Morgan fingerprint density at radius 2 is 1.97 bits per heavy atom. The number of allylic oxidation sites excluding steroid dienone is 1. The molecule has 2 N–H and O–H groups in total. The van der Waals surface area contributed by atoms with Crippen LogP contribution >= 0.6 is 0 Å². The van der Waals surface area contributed by atoms with Gasteiger partial charge in [0.25, 0.3) is 5.56 Å². The summed E-state index contributed by atoms with van der Waals surface area (Å²) in [7, 11) is 0. The SMILES string of the molecule is CCOc1ccc(/C=C2\CCn3c2nc2cc(NC(=O)/C=C/C(=O)O)ccc2c3=O)cc1. The summed E-state index contributed by atoms with van der Waals surface area (Å²) in [6, 6.07) is 12.5. The number of aromatic nitrogens is 2. The highest BCUT2D eigenvalue weighted by molar-refractivity contribution is 6.03. The first-order valence-corrected chi connectivity index (χ1v) is 10.1. The highest BCUT2D eigenvalue weighted by atomic mass is 16.5. The van der Waals surface area contributed by atoms with E-state index in [1.807, 2.05) is 37.3 Å². The van der Waals surface area contributed by atoms with Crippen molar-refractivity contribution in [2.45, 2.75) is 19.9 Å². The van der Waals surface area contributed by atoms with Crippen LogP contribution in [0.25, 0.3) is 22.6 Å². The van der Waals surface area contributed by atoms with Gasteiger partial charge >= 0.3 is 5.97 Å². The van der Waals surface area contributed by atoms with Gasteiger partial charge in [0.1, 0.15) is 11.6 Å². The molecule has 1 aliphatic rings. The lowest BCUT2D eigenvalue weighted by molar-refractivity contribution is -0.131. The first-order chi connectivity index (χ1) is 15.4. The number of nitrogens with one attached hydrogen (secondary N) is 1. The van der Waals surface area contributed by atoms with Crippen LogP contribution in [0.4, 0.5) is 5.69 Å². The molecule has 1 amide bonds. The molecule has 0 aliphatic carbocycles. The van der Waals surface area contributed by atoms with Crippen LogP contribution in [-0.4, -0.2) is 33.1 Å². The Kier molecular flexibility index (Phi) is 5.85. The van der Waals surface area contributed by atoms with E-state index in [9.17, 15) is 14.4 Å². The predicted molar refractivity (Wildman–Crippen MR) is 122 cm³/mol. The fraction of sp³-hybridized carbons (Fsp3) is 0.167. The van der Waals surface area contributed by atoms with E-state index in [1.54, 1.807) is 22.8 Å². The largest absolute Gasteiger partial charge is 0.494 e. The van der Waals surface area contributed by atoms with Crippen LogP contribution in [0, 0.1) is 0 Å². The van der Waals surface area contributed by atoms with Gasteiger partial charge in [0.2, 0.25) is 5.91 Å². The molecule has 0 atom stereocenters. The average Bonchev–Trinajstić information content (AvgIpc) is 3.16. The number of fused-ring (bicyclic) bond motifs is 2. The minimum Gasteiger partial charge on any atom is -0.494 e. The number of aliphatic carboxylic acids is 1. The number of carboxylic acid groups (broad SMARTS) is 1. The van der Waals surface area contributed by atoms with E-state index < -0.39 is 11.9 Å². The van der Waals surface area contributed by atoms with Crippen molar-refractivity contribution in [3.8, 4) is 5.75 Å². The summed E-state index contributed by atoms with van der Waals surface area (Å²) in [5.41, 5.74) is 2.68. The molecule has 162 valence electrons. The van der Waals surface area contributed by atoms with E-state index >= 15 is 0 Å². The zero-order valence-electron chi connectivity index (χ0n) is 17.4. The Morgan fingerprint density at radius 1 is 1.19 bits per heavy atom. The predicted octanol–water partition coefficient (Wildman–Crippen LogP) is 3.32.